The van der Waals surface area contributed by atoms with Gasteiger partial charge in [-0.2, -0.15) is 0 Å². The van der Waals surface area contributed by atoms with E-state index in [0.29, 0.717) is 0 Å². The van der Waals surface area contributed by atoms with Gasteiger partial charge in [-0.05, 0) is 25.1 Å². The van der Waals surface area contributed by atoms with E-state index < -0.39 is 0 Å². The van der Waals surface area contributed by atoms with E-state index in [9.17, 15) is 0 Å². The molecular weight excluding hydrogens is 198 g/mol. The molecule has 1 aromatic rings. The highest BCUT2D eigenvalue weighted by Gasteiger charge is 2.08. The van der Waals surface area contributed by atoms with Crippen molar-refractivity contribution in [2.24, 2.45) is 0 Å². The number of hydrogen-bond acceptors (Lipinski definition) is 1. The molecule has 0 aliphatic heterocycles. The third-order valence-corrected chi connectivity index (χ3v) is 2.77. The van der Waals surface area contributed by atoms with Gasteiger partial charge in [0.2, 0.25) is 0 Å². The number of anilines is 1. The van der Waals surface area contributed by atoms with Crippen LogP contribution < -0.4 is 10.1 Å². The minimum atomic E-state index is 0.802. The number of hydrogen-bond donors (Lipinski definition) is 0. The predicted octanol–water partition coefficient (Wildman–Crippen LogP) is 1.98. The van der Waals surface area contributed by atoms with E-state index in [-0.39, 0.29) is 0 Å². The van der Waals surface area contributed by atoms with Crippen molar-refractivity contribution < 1.29 is 0 Å². The maximum atomic E-state index is 6.11. The molecule has 0 saturated carbocycles. The lowest BCUT2D eigenvalue weighted by Crippen LogP contribution is -2.27. The van der Waals surface area contributed by atoms with E-state index in [2.05, 4.69) is 29.0 Å². The molecule has 1 rings (SSSR count). The van der Waals surface area contributed by atoms with Crippen LogP contribution in [0.1, 0.15) is 13.8 Å². The lowest BCUT2D eigenvalue weighted by molar-refractivity contribution is 0.869. The Morgan fingerprint density at radius 1 is 1.31 bits per heavy atom. The Kier molecular flexibility index (Phi) is 3.82. The molecule has 0 fully saturated rings. The first kappa shape index (κ1) is 10.6. The van der Waals surface area contributed by atoms with Crippen LogP contribution in [0.15, 0.2) is 18.2 Å². The van der Waals surface area contributed by atoms with Crippen molar-refractivity contribution in [2.75, 3.05) is 18.0 Å². The minimum absolute atomic E-state index is 0.802. The molecule has 1 nitrogen and oxygen atoms in total. The van der Waals surface area contributed by atoms with Crippen molar-refractivity contribution >= 4 is 32.7 Å². The second-order valence-corrected chi connectivity index (χ2v) is 3.75. The lowest BCUT2D eigenvalue weighted by atomic mass is 10.3. The Bertz CT molecular complexity index is 264. The van der Waals surface area contributed by atoms with Crippen LogP contribution in [-0.2, 0) is 0 Å². The van der Waals surface area contributed by atoms with Crippen LogP contribution in [0, 0.1) is 0 Å². The molecule has 0 amide bonds. The Labute approximate surface area is 88.1 Å². The van der Waals surface area contributed by atoms with E-state index in [1.165, 1.54) is 0 Å². The summed E-state index contributed by atoms with van der Waals surface area (Å²) in [4.78, 5) is 2.23. The summed E-state index contributed by atoms with van der Waals surface area (Å²) in [6, 6.07) is 5.87. The van der Waals surface area contributed by atoms with Crippen LogP contribution in [-0.4, -0.2) is 23.3 Å². The smallest absolute Gasteiger partial charge is 0.0742 e. The van der Waals surface area contributed by atoms with Crippen LogP contribution >= 0.6 is 11.6 Å². The molecule has 0 spiro atoms. The van der Waals surface area contributed by atoms with Gasteiger partial charge in [0.05, 0.1) is 21.0 Å². The summed E-state index contributed by atoms with van der Waals surface area (Å²) in [5, 5.41) is 1.85. The van der Waals surface area contributed by atoms with Crippen molar-refractivity contribution in [3.8, 4) is 0 Å². The van der Waals surface area contributed by atoms with Gasteiger partial charge in [-0.25, -0.2) is 0 Å². The van der Waals surface area contributed by atoms with Crippen molar-refractivity contribution in [1.29, 1.82) is 0 Å². The van der Waals surface area contributed by atoms with Crippen molar-refractivity contribution in [3.63, 3.8) is 0 Å². The van der Waals surface area contributed by atoms with E-state index >= 15 is 0 Å². The Balaban J connectivity index is 3.10. The molecule has 0 heterocycles. The average Bonchev–Trinajstić information content (AvgIpc) is 2.11. The molecule has 3 radical (unpaired) electrons. The number of para-hydroxylation sites is 1. The zero-order valence-electron chi connectivity index (χ0n) is 7.97. The SMILES string of the molecule is CCN(CC)c1c([Si])cccc1Cl. The first-order chi connectivity index (χ1) is 6.20. The second-order valence-electron chi connectivity index (χ2n) is 2.81. The summed E-state index contributed by atoms with van der Waals surface area (Å²) < 4.78 is 0. The number of halogens is 1. The molecular formula is C10H13ClNSi. The van der Waals surface area contributed by atoms with Gasteiger partial charge in [0, 0.05) is 13.1 Å². The Morgan fingerprint density at radius 3 is 2.38 bits per heavy atom. The van der Waals surface area contributed by atoms with Crippen LogP contribution in [0.3, 0.4) is 0 Å². The molecule has 0 unspecified atom stereocenters. The quantitative estimate of drug-likeness (QED) is 0.690. The first-order valence-electron chi connectivity index (χ1n) is 4.45. The monoisotopic (exact) mass is 210 g/mol. The molecule has 0 saturated heterocycles. The standard InChI is InChI=1S/C10H13ClNSi/c1-3-12(4-2)10-8(11)6-5-7-9(10)13/h5-7H,3-4H2,1-2H3. The summed E-state index contributed by atoms with van der Waals surface area (Å²) in [5.41, 5.74) is 1.09. The normalized spacial score (nSPS) is 10.2. The van der Waals surface area contributed by atoms with Crippen LogP contribution in [0.4, 0.5) is 5.69 Å². The largest absolute Gasteiger partial charge is 0.371 e. The molecule has 3 heteroatoms. The van der Waals surface area contributed by atoms with Crippen molar-refractivity contribution in [3.05, 3.63) is 23.2 Å². The van der Waals surface area contributed by atoms with Gasteiger partial charge in [-0.15, -0.1) is 0 Å². The maximum Gasteiger partial charge on any atom is 0.0742 e. The summed E-state index contributed by atoms with van der Waals surface area (Å²) in [6.45, 7) is 6.19. The van der Waals surface area contributed by atoms with Gasteiger partial charge in [-0.3, -0.25) is 0 Å². The highest BCUT2D eigenvalue weighted by molar-refractivity contribution is 6.41. The molecule has 0 atom stereocenters. The molecule has 0 bridgehead atoms. The van der Waals surface area contributed by atoms with Crippen LogP contribution in [0.5, 0.6) is 0 Å². The molecule has 0 aliphatic carbocycles. The van der Waals surface area contributed by atoms with Gasteiger partial charge in [0.15, 0.2) is 0 Å². The summed E-state index contributed by atoms with van der Waals surface area (Å²) >= 11 is 6.11. The first-order valence-corrected chi connectivity index (χ1v) is 5.33. The third kappa shape index (κ3) is 2.26. The number of rotatable bonds is 3. The topological polar surface area (TPSA) is 3.24 Å². The zero-order chi connectivity index (χ0) is 9.84. The summed E-state index contributed by atoms with van der Waals surface area (Å²) in [5.74, 6) is 0. The highest BCUT2D eigenvalue weighted by atomic mass is 35.5. The Morgan fingerprint density at radius 2 is 1.92 bits per heavy atom. The van der Waals surface area contributed by atoms with E-state index in [1.807, 2.05) is 18.2 Å². The lowest BCUT2D eigenvalue weighted by Gasteiger charge is -2.24. The van der Waals surface area contributed by atoms with E-state index in [0.717, 1.165) is 29.0 Å². The highest BCUT2D eigenvalue weighted by Crippen LogP contribution is 2.22. The molecule has 13 heavy (non-hydrogen) atoms. The van der Waals surface area contributed by atoms with Crippen LogP contribution in [0.2, 0.25) is 5.02 Å². The molecule has 0 aromatic heterocycles. The molecule has 1 aromatic carbocycles. The number of nitrogens with zero attached hydrogens (tertiary/aromatic N) is 1. The summed E-state index contributed by atoms with van der Waals surface area (Å²) in [6.07, 6.45) is 0. The Hall–Kier alpha value is -0.473. The number of benzene rings is 1. The average molecular weight is 211 g/mol. The fourth-order valence-corrected chi connectivity index (χ4v) is 2.14. The molecule has 0 aliphatic rings. The van der Waals surface area contributed by atoms with E-state index in [1.54, 1.807) is 0 Å². The van der Waals surface area contributed by atoms with Gasteiger partial charge in [0.25, 0.3) is 0 Å². The van der Waals surface area contributed by atoms with Gasteiger partial charge < -0.3 is 4.90 Å². The minimum Gasteiger partial charge on any atom is -0.371 e. The fraction of sp³-hybridized carbons (Fsp3) is 0.400. The fourth-order valence-electron chi connectivity index (χ4n) is 1.38. The zero-order valence-corrected chi connectivity index (χ0v) is 9.73. The molecule has 69 valence electrons. The van der Waals surface area contributed by atoms with E-state index in [4.69, 9.17) is 11.6 Å². The maximum absolute atomic E-state index is 6.11. The van der Waals surface area contributed by atoms with Crippen molar-refractivity contribution in [1.82, 2.24) is 0 Å². The predicted molar refractivity (Wildman–Crippen MR) is 60.4 cm³/mol. The third-order valence-electron chi connectivity index (χ3n) is 2.07. The second kappa shape index (κ2) is 4.68. The summed E-state index contributed by atoms with van der Waals surface area (Å²) in [7, 11) is 3.56. The van der Waals surface area contributed by atoms with Crippen LogP contribution in [0.25, 0.3) is 0 Å². The van der Waals surface area contributed by atoms with Crippen molar-refractivity contribution in [2.45, 2.75) is 13.8 Å². The van der Waals surface area contributed by atoms with Gasteiger partial charge in [-0.1, -0.05) is 23.7 Å². The van der Waals surface area contributed by atoms with Gasteiger partial charge >= 0.3 is 0 Å². The van der Waals surface area contributed by atoms with Gasteiger partial charge in [0.1, 0.15) is 0 Å². The molecule has 0 N–H and O–H groups in total.